The molecular weight excluding hydrogens is 302 g/mol. The van der Waals surface area contributed by atoms with Crippen LogP contribution in [0.15, 0.2) is 41.6 Å². The maximum atomic E-state index is 11.9. The van der Waals surface area contributed by atoms with Crippen molar-refractivity contribution in [2.75, 3.05) is 11.6 Å². The summed E-state index contributed by atoms with van der Waals surface area (Å²) in [5.41, 5.74) is 1.03. The predicted molar refractivity (Wildman–Crippen MR) is 82.6 cm³/mol. The van der Waals surface area contributed by atoms with E-state index in [1.807, 2.05) is 6.92 Å². The Morgan fingerprint density at radius 3 is 2.68 bits per heavy atom. The van der Waals surface area contributed by atoms with Gasteiger partial charge in [-0.05, 0) is 24.5 Å². The first-order valence-corrected chi connectivity index (χ1v) is 8.90. The lowest BCUT2D eigenvalue weighted by atomic mass is 10.3. The number of amides is 1. The topological polar surface area (TPSA) is 81.1 Å². The number of hydrogen-bond acceptors (Lipinski definition) is 4. The molecule has 1 saturated carbocycles. The molecule has 1 fully saturated rings. The fraction of sp³-hybridized carbons (Fsp3) is 0.333. The number of para-hydroxylation sites is 1. The van der Waals surface area contributed by atoms with Crippen molar-refractivity contribution in [2.24, 2.45) is 11.8 Å². The summed E-state index contributed by atoms with van der Waals surface area (Å²) in [5.74, 6) is 0.496. The van der Waals surface area contributed by atoms with E-state index >= 15 is 0 Å². The molecule has 22 heavy (non-hydrogen) atoms. The fourth-order valence-corrected chi connectivity index (χ4v) is 3.27. The highest BCUT2D eigenvalue weighted by atomic mass is 32.2. The summed E-state index contributed by atoms with van der Waals surface area (Å²) in [6.45, 7) is 2.04. The van der Waals surface area contributed by atoms with E-state index in [1.54, 1.807) is 24.4 Å². The largest absolute Gasteiger partial charge is 0.323 e. The van der Waals surface area contributed by atoms with Crippen LogP contribution in [-0.2, 0) is 14.6 Å². The van der Waals surface area contributed by atoms with Crippen LogP contribution in [0.3, 0.4) is 0 Å². The third kappa shape index (κ3) is 2.89. The summed E-state index contributed by atoms with van der Waals surface area (Å²) in [4.78, 5) is 12.1. The molecule has 0 radical (unpaired) electrons. The number of rotatable bonds is 4. The number of hydrogen-bond donors (Lipinski definition) is 1. The standard InChI is InChI=1S/C15H17N3O3S/c1-10-7-12(10)15(19)17-11-8-16-18(9-11)13-5-3-4-6-14(13)22(2,20)21/h3-6,8-10,12H,7H2,1-2H3,(H,17,19)/t10-,12+/m1/s1. The summed E-state index contributed by atoms with van der Waals surface area (Å²) in [6, 6.07) is 6.63. The van der Waals surface area contributed by atoms with Crippen LogP contribution >= 0.6 is 0 Å². The Kier molecular flexibility index (Phi) is 3.52. The molecule has 2 aromatic rings. The minimum absolute atomic E-state index is 0.0107. The Labute approximate surface area is 129 Å². The van der Waals surface area contributed by atoms with E-state index in [2.05, 4.69) is 10.4 Å². The highest BCUT2D eigenvalue weighted by molar-refractivity contribution is 7.90. The van der Waals surface area contributed by atoms with E-state index in [9.17, 15) is 13.2 Å². The van der Waals surface area contributed by atoms with Crippen molar-refractivity contribution >= 4 is 21.4 Å². The van der Waals surface area contributed by atoms with Crippen LogP contribution in [-0.4, -0.2) is 30.4 Å². The highest BCUT2D eigenvalue weighted by Crippen LogP contribution is 2.38. The zero-order chi connectivity index (χ0) is 15.9. The molecule has 1 N–H and O–H groups in total. The smallest absolute Gasteiger partial charge is 0.227 e. The van der Waals surface area contributed by atoms with Gasteiger partial charge in [0.25, 0.3) is 0 Å². The van der Waals surface area contributed by atoms with Crippen LogP contribution in [0.1, 0.15) is 13.3 Å². The summed E-state index contributed by atoms with van der Waals surface area (Å²) in [6.07, 6.45) is 5.21. The second-order valence-corrected chi connectivity index (χ2v) is 7.71. The molecule has 7 heteroatoms. The van der Waals surface area contributed by atoms with Crippen LogP contribution in [0.2, 0.25) is 0 Å². The summed E-state index contributed by atoms with van der Waals surface area (Å²) in [7, 11) is -3.35. The molecule has 6 nitrogen and oxygen atoms in total. The summed E-state index contributed by atoms with van der Waals surface area (Å²) >= 11 is 0. The minimum Gasteiger partial charge on any atom is -0.323 e. The van der Waals surface area contributed by atoms with Gasteiger partial charge in [-0.25, -0.2) is 13.1 Å². The molecule has 1 heterocycles. The van der Waals surface area contributed by atoms with Gasteiger partial charge in [-0.2, -0.15) is 5.10 Å². The number of anilines is 1. The average molecular weight is 319 g/mol. The first-order valence-electron chi connectivity index (χ1n) is 7.01. The maximum absolute atomic E-state index is 11.9. The van der Waals surface area contributed by atoms with E-state index in [-0.39, 0.29) is 16.7 Å². The third-order valence-corrected chi connectivity index (χ3v) is 4.95. The third-order valence-electron chi connectivity index (χ3n) is 3.81. The van der Waals surface area contributed by atoms with Crippen molar-refractivity contribution < 1.29 is 13.2 Å². The second kappa shape index (κ2) is 5.24. The molecule has 1 aliphatic rings. The van der Waals surface area contributed by atoms with Gasteiger partial charge in [-0.3, -0.25) is 4.79 Å². The average Bonchev–Trinajstić information content (AvgIpc) is 3.01. The molecule has 1 aliphatic carbocycles. The zero-order valence-corrected chi connectivity index (χ0v) is 13.2. The highest BCUT2D eigenvalue weighted by Gasteiger charge is 2.39. The van der Waals surface area contributed by atoms with E-state index in [1.165, 1.54) is 16.9 Å². The molecule has 1 aromatic heterocycles. The van der Waals surface area contributed by atoms with Crippen LogP contribution in [0.5, 0.6) is 0 Å². The lowest BCUT2D eigenvalue weighted by molar-refractivity contribution is -0.117. The van der Waals surface area contributed by atoms with Gasteiger partial charge in [0.2, 0.25) is 5.91 Å². The lowest BCUT2D eigenvalue weighted by Gasteiger charge is -2.07. The molecule has 2 atom stereocenters. The van der Waals surface area contributed by atoms with E-state index in [0.29, 0.717) is 17.3 Å². The fourth-order valence-electron chi connectivity index (χ4n) is 2.40. The van der Waals surface area contributed by atoms with E-state index < -0.39 is 9.84 Å². The normalized spacial score (nSPS) is 20.6. The second-order valence-electron chi connectivity index (χ2n) is 5.72. The van der Waals surface area contributed by atoms with Gasteiger partial charge < -0.3 is 5.32 Å². The SMILES string of the molecule is C[C@@H]1C[C@@H]1C(=O)Nc1cnn(-c2ccccc2S(C)(=O)=O)c1. The van der Waals surface area contributed by atoms with Crippen LogP contribution in [0.25, 0.3) is 5.69 Å². The number of aromatic nitrogens is 2. The number of carbonyl (C=O) groups is 1. The van der Waals surface area contributed by atoms with Crippen molar-refractivity contribution in [1.29, 1.82) is 0 Å². The first kappa shape index (κ1) is 14.8. The van der Waals surface area contributed by atoms with Crippen LogP contribution < -0.4 is 5.32 Å². The number of carbonyl (C=O) groups excluding carboxylic acids is 1. The zero-order valence-electron chi connectivity index (χ0n) is 12.4. The predicted octanol–water partition coefficient (Wildman–Crippen LogP) is 1.87. The molecule has 0 aliphatic heterocycles. The summed E-state index contributed by atoms with van der Waals surface area (Å²) < 4.78 is 25.1. The first-order chi connectivity index (χ1) is 10.4. The van der Waals surface area contributed by atoms with Gasteiger partial charge in [0.1, 0.15) is 0 Å². The molecule has 116 valence electrons. The van der Waals surface area contributed by atoms with Crippen molar-refractivity contribution in [3.63, 3.8) is 0 Å². The molecule has 0 spiro atoms. The Balaban J connectivity index is 1.87. The monoisotopic (exact) mass is 319 g/mol. The Morgan fingerprint density at radius 1 is 1.36 bits per heavy atom. The van der Waals surface area contributed by atoms with Gasteiger partial charge >= 0.3 is 0 Å². The quantitative estimate of drug-likeness (QED) is 0.933. The molecule has 0 unspecified atom stereocenters. The maximum Gasteiger partial charge on any atom is 0.227 e. The number of benzene rings is 1. The Bertz CT molecular complexity index is 826. The van der Waals surface area contributed by atoms with Crippen LogP contribution in [0.4, 0.5) is 5.69 Å². The van der Waals surface area contributed by atoms with E-state index in [0.717, 1.165) is 12.7 Å². The molecule has 1 amide bonds. The van der Waals surface area contributed by atoms with Gasteiger partial charge in [0, 0.05) is 12.2 Å². The Morgan fingerprint density at radius 2 is 2.05 bits per heavy atom. The Hall–Kier alpha value is -2.15. The van der Waals surface area contributed by atoms with Gasteiger partial charge in [0.05, 0.1) is 28.7 Å². The number of nitrogens with zero attached hydrogens (tertiary/aromatic N) is 2. The van der Waals surface area contributed by atoms with Gasteiger partial charge in [-0.1, -0.05) is 19.1 Å². The number of nitrogens with one attached hydrogen (secondary N) is 1. The van der Waals surface area contributed by atoms with Gasteiger partial charge in [0.15, 0.2) is 9.84 Å². The van der Waals surface area contributed by atoms with Crippen LogP contribution in [0, 0.1) is 11.8 Å². The summed E-state index contributed by atoms with van der Waals surface area (Å²) in [5, 5.41) is 6.96. The molecule has 0 bridgehead atoms. The van der Waals surface area contributed by atoms with Crippen molar-refractivity contribution in [1.82, 2.24) is 9.78 Å². The molecule has 1 aromatic carbocycles. The van der Waals surface area contributed by atoms with Crippen molar-refractivity contribution in [3.8, 4) is 5.69 Å². The molecule has 3 rings (SSSR count). The van der Waals surface area contributed by atoms with Crippen molar-refractivity contribution in [3.05, 3.63) is 36.7 Å². The van der Waals surface area contributed by atoms with Gasteiger partial charge in [-0.15, -0.1) is 0 Å². The minimum atomic E-state index is -3.35. The van der Waals surface area contributed by atoms with Crippen molar-refractivity contribution in [2.45, 2.75) is 18.2 Å². The molecule has 0 saturated heterocycles. The number of sulfone groups is 1. The lowest BCUT2D eigenvalue weighted by Crippen LogP contribution is -2.13. The van der Waals surface area contributed by atoms with E-state index in [4.69, 9.17) is 0 Å². The molecular formula is C15H17N3O3S.